The summed E-state index contributed by atoms with van der Waals surface area (Å²) in [5, 5.41) is 6.30. The Balaban J connectivity index is 1.63. The largest absolute Gasteiger partial charge is 0.445 e. The fraction of sp³-hybridized carbons (Fsp3) is 0.200. The highest BCUT2D eigenvalue weighted by atomic mass is 16.4. The van der Waals surface area contributed by atoms with E-state index in [9.17, 15) is 4.79 Å². The van der Waals surface area contributed by atoms with Crippen LogP contribution in [0.25, 0.3) is 0 Å². The molecule has 0 aliphatic rings. The second-order valence-corrected chi connectivity index (χ2v) is 5.91. The normalized spacial score (nSPS) is 11.9. The van der Waals surface area contributed by atoms with Crippen LogP contribution in [0, 0.1) is 6.92 Å². The third kappa shape index (κ3) is 4.55. The van der Waals surface area contributed by atoms with Gasteiger partial charge in [0.05, 0.1) is 12.7 Å². The summed E-state index contributed by atoms with van der Waals surface area (Å²) in [6, 6.07) is 17.1. The van der Waals surface area contributed by atoms with Crippen LogP contribution in [0.15, 0.2) is 65.2 Å². The molecule has 0 aliphatic carbocycles. The molecule has 5 nitrogen and oxygen atoms in total. The fourth-order valence-corrected chi connectivity index (χ4v) is 2.52. The summed E-state index contributed by atoms with van der Waals surface area (Å²) < 4.78 is 5.46. The average Bonchev–Trinajstić information content (AvgIpc) is 3.06. The molecule has 0 spiro atoms. The number of nitrogens with zero attached hydrogens (tertiary/aromatic N) is 1. The summed E-state index contributed by atoms with van der Waals surface area (Å²) >= 11 is 0. The summed E-state index contributed by atoms with van der Waals surface area (Å²) in [5.74, 6) is 1.35. The van der Waals surface area contributed by atoms with Gasteiger partial charge in [-0.05, 0) is 43.7 Å². The molecular weight excluding hydrogens is 314 g/mol. The molecule has 1 aromatic heterocycles. The Kier molecular flexibility index (Phi) is 5.26. The molecule has 25 heavy (non-hydrogen) atoms. The molecule has 3 rings (SSSR count). The second-order valence-electron chi connectivity index (χ2n) is 5.91. The number of benzene rings is 2. The molecule has 0 unspecified atom stereocenters. The van der Waals surface area contributed by atoms with Crippen molar-refractivity contribution in [1.82, 2.24) is 10.3 Å². The van der Waals surface area contributed by atoms with E-state index in [1.807, 2.05) is 49.4 Å². The van der Waals surface area contributed by atoms with Crippen molar-refractivity contribution >= 4 is 11.6 Å². The molecule has 3 aromatic rings. The zero-order valence-electron chi connectivity index (χ0n) is 14.3. The van der Waals surface area contributed by atoms with Crippen LogP contribution in [0.3, 0.4) is 0 Å². The van der Waals surface area contributed by atoms with E-state index < -0.39 is 0 Å². The molecule has 0 fully saturated rings. The number of aromatic nitrogens is 1. The minimum absolute atomic E-state index is 0.0979. The third-order valence-electron chi connectivity index (χ3n) is 3.91. The summed E-state index contributed by atoms with van der Waals surface area (Å²) in [5.41, 5.74) is 2.49. The molecule has 0 saturated heterocycles. The quantitative estimate of drug-likeness (QED) is 0.712. The van der Waals surface area contributed by atoms with Gasteiger partial charge < -0.3 is 15.1 Å². The molecule has 1 atom stereocenters. The molecule has 128 valence electrons. The van der Waals surface area contributed by atoms with Gasteiger partial charge in [-0.25, -0.2) is 4.98 Å². The van der Waals surface area contributed by atoms with Crippen molar-refractivity contribution in [3.05, 3.63) is 83.6 Å². The Hall–Kier alpha value is -2.92. The fourth-order valence-electron chi connectivity index (χ4n) is 2.52. The van der Waals surface area contributed by atoms with Gasteiger partial charge in [-0.2, -0.15) is 0 Å². The number of hydrogen-bond donors (Lipinski definition) is 2. The van der Waals surface area contributed by atoms with E-state index in [2.05, 4.69) is 22.5 Å². The van der Waals surface area contributed by atoms with Gasteiger partial charge >= 0.3 is 0 Å². The van der Waals surface area contributed by atoms with Gasteiger partial charge in [0.2, 0.25) is 5.89 Å². The van der Waals surface area contributed by atoms with Crippen molar-refractivity contribution < 1.29 is 9.21 Å². The number of nitrogens with one attached hydrogen (secondary N) is 2. The highest BCUT2D eigenvalue weighted by Crippen LogP contribution is 2.18. The van der Waals surface area contributed by atoms with E-state index in [0.717, 1.165) is 17.0 Å². The summed E-state index contributed by atoms with van der Waals surface area (Å²) in [4.78, 5) is 16.4. The van der Waals surface area contributed by atoms with Crippen LogP contribution >= 0.6 is 0 Å². The lowest BCUT2D eigenvalue weighted by Crippen LogP contribution is -2.18. The number of anilines is 1. The van der Waals surface area contributed by atoms with Gasteiger partial charge in [0.1, 0.15) is 5.76 Å². The highest BCUT2D eigenvalue weighted by Gasteiger charge is 2.10. The van der Waals surface area contributed by atoms with Crippen LogP contribution in [-0.2, 0) is 6.54 Å². The van der Waals surface area contributed by atoms with Crippen LogP contribution in [0.1, 0.15) is 40.5 Å². The Morgan fingerprint density at radius 2 is 1.96 bits per heavy atom. The van der Waals surface area contributed by atoms with Gasteiger partial charge in [-0.1, -0.05) is 30.3 Å². The van der Waals surface area contributed by atoms with E-state index in [4.69, 9.17) is 4.42 Å². The Labute approximate surface area is 147 Å². The number of carbonyl (C=O) groups excluding carboxylic acids is 1. The van der Waals surface area contributed by atoms with Gasteiger partial charge in [-0.15, -0.1) is 0 Å². The highest BCUT2D eigenvalue weighted by molar-refractivity contribution is 6.04. The second kappa shape index (κ2) is 7.77. The summed E-state index contributed by atoms with van der Waals surface area (Å²) in [7, 11) is 0. The van der Waals surface area contributed by atoms with Crippen molar-refractivity contribution in [2.45, 2.75) is 26.4 Å². The Morgan fingerprint density at radius 1 is 1.16 bits per heavy atom. The number of carbonyl (C=O) groups is 1. The van der Waals surface area contributed by atoms with Gasteiger partial charge in [0, 0.05) is 17.3 Å². The number of oxazole rings is 1. The molecule has 0 saturated carbocycles. The molecule has 0 aliphatic heterocycles. The van der Waals surface area contributed by atoms with Crippen molar-refractivity contribution in [2.75, 3.05) is 5.32 Å². The van der Waals surface area contributed by atoms with E-state index in [1.165, 1.54) is 0 Å². The maximum Gasteiger partial charge on any atom is 0.255 e. The summed E-state index contributed by atoms with van der Waals surface area (Å²) in [6.07, 6.45) is 1.71. The topological polar surface area (TPSA) is 67.2 Å². The van der Waals surface area contributed by atoms with E-state index in [1.54, 1.807) is 18.3 Å². The lowest BCUT2D eigenvalue weighted by atomic mass is 10.1. The lowest BCUT2D eigenvalue weighted by Gasteiger charge is -2.14. The zero-order valence-corrected chi connectivity index (χ0v) is 14.3. The van der Waals surface area contributed by atoms with Crippen LogP contribution < -0.4 is 10.6 Å². The van der Waals surface area contributed by atoms with Crippen LogP contribution in [0.4, 0.5) is 5.69 Å². The SMILES string of the molecule is Cc1cnc(CN[C@H](C)c2cccc(NC(=O)c3ccccc3)c2)o1. The molecular formula is C20H21N3O2. The monoisotopic (exact) mass is 335 g/mol. The standard InChI is InChI=1S/C20H21N3O2/c1-14-12-22-19(25-14)13-21-15(2)17-9-6-10-18(11-17)23-20(24)16-7-4-3-5-8-16/h3-12,15,21H,13H2,1-2H3,(H,23,24)/t15-/m1/s1. The molecule has 1 amide bonds. The van der Waals surface area contributed by atoms with E-state index >= 15 is 0 Å². The molecule has 1 heterocycles. The number of amides is 1. The average molecular weight is 335 g/mol. The van der Waals surface area contributed by atoms with Crippen molar-refractivity contribution in [3.8, 4) is 0 Å². The molecule has 5 heteroatoms. The van der Waals surface area contributed by atoms with Crippen LogP contribution in [-0.4, -0.2) is 10.9 Å². The first-order valence-electron chi connectivity index (χ1n) is 8.23. The lowest BCUT2D eigenvalue weighted by molar-refractivity contribution is 0.102. The molecule has 2 aromatic carbocycles. The minimum Gasteiger partial charge on any atom is -0.445 e. The first-order chi connectivity index (χ1) is 12.1. The van der Waals surface area contributed by atoms with Crippen LogP contribution in [0.2, 0.25) is 0 Å². The molecule has 2 N–H and O–H groups in total. The van der Waals surface area contributed by atoms with Gasteiger partial charge in [0.25, 0.3) is 5.91 Å². The summed E-state index contributed by atoms with van der Waals surface area (Å²) in [6.45, 7) is 4.49. The van der Waals surface area contributed by atoms with Crippen molar-refractivity contribution in [3.63, 3.8) is 0 Å². The first-order valence-corrected chi connectivity index (χ1v) is 8.23. The maximum atomic E-state index is 12.3. The Bertz CT molecular complexity index is 843. The van der Waals surface area contributed by atoms with Crippen molar-refractivity contribution in [1.29, 1.82) is 0 Å². The maximum absolute atomic E-state index is 12.3. The van der Waals surface area contributed by atoms with Gasteiger partial charge in [0.15, 0.2) is 0 Å². The molecule has 0 radical (unpaired) electrons. The number of rotatable bonds is 6. The Morgan fingerprint density at radius 3 is 2.68 bits per heavy atom. The van der Waals surface area contributed by atoms with E-state index in [-0.39, 0.29) is 11.9 Å². The predicted octanol–water partition coefficient (Wildman–Crippen LogP) is 4.09. The van der Waals surface area contributed by atoms with Crippen LogP contribution in [0.5, 0.6) is 0 Å². The van der Waals surface area contributed by atoms with E-state index in [0.29, 0.717) is 18.0 Å². The molecule has 0 bridgehead atoms. The number of hydrogen-bond acceptors (Lipinski definition) is 4. The predicted molar refractivity (Wildman–Crippen MR) is 97.3 cm³/mol. The minimum atomic E-state index is -0.117. The third-order valence-corrected chi connectivity index (χ3v) is 3.91. The smallest absolute Gasteiger partial charge is 0.255 e. The zero-order chi connectivity index (χ0) is 17.6. The first kappa shape index (κ1) is 16.9. The van der Waals surface area contributed by atoms with Gasteiger partial charge in [-0.3, -0.25) is 4.79 Å². The van der Waals surface area contributed by atoms with Crippen molar-refractivity contribution in [2.24, 2.45) is 0 Å². The number of aryl methyl sites for hydroxylation is 1.